The van der Waals surface area contributed by atoms with Crippen LogP contribution < -0.4 is 20.1 Å². The van der Waals surface area contributed by atoms with Gasteiger partial charge in [-0.05, 0) is 95.8 Å². The quantitative estimate of drug-likeness (QED) is 0.0363. The monoisotopic (exact) mass is 768 g/mol. The third kappa shape index (κ3) is 14.4. The first kappa shape index (κ1) is 41.9. The van der Waals surface area contributed by atoms with E-state index in [4.69, 9.17) is 9.47 Å². The van der Waals surface area contributed by atoms with E-state index in [1.165, 1.54) is 62.6 Å². The van der Waals surface area contributed by atoms with E-state index in [-0.39, 0.29) is 24.3 Å². The molecule has 0 aliphatic carbocycles. The molecule has 1 atom stereocenters. The summed E-state index contributed by atoms with van der Waals surface area (Å²) >= 11 is 0. The van der Waals surface area contributed by atoms with Gasteiger partial charge in [-0.2, -0.15) is 0 Å². The zero-order valence-corrected chi connectivity index (χ0v) is 32.6. The van der Waals surface area contributed by atoms with Crippen molar-refractivity contribution >= 4 is 29.4 Å². The Morgan fingerprint density at radius 2 is 1.18 bits per heavy atom. The van der Waals surface area contributed by atoms with E-state index in [0.717, 1.165) is 24.0 Å². The Balaban J connectivity index is 1.03. The summed E-state index contributed by atoms with van der Waals surface area (Å²) in [4.78, 5) is 50.6. The van der Waals surface area contributed by atoms with Crippen LogP contribution in [0.25, 0.3) is 0 Å². The number of unbranched alkanes of at least 4 members (excludes halogenated alkanes) is 7. The molecule has 2 amide bonds. The fourth-order valence-corrected chi connectivity index (χ4v) is 6.35. The van der Waals surface area contributed by atoms with Gasteiger partial charge in [-0.1, -0.05) is 119 Å². The number of ether oxygens (including phenoxy) is 2. The third-order valence-corrected chi connectivity index (χ3v) is 9.65. The lowest BCUT2D eigenvalue weighted by molar-refractivity contribution is -0.139. The highest BCUT2D eigenvalue weighted by molar-refractivity contribution is 5.98. The normalized spacial score (nSPS) is 11.3. The van der Waals surface area contributed by atoms with Crippen LogP contribution >= 0.6 is 0 Å². The van der Waals surface area contributed by atoms with Crippen LogP contribution in [0.15, 0.2) is 127 Å². The molecule has 0 fully saturated rings. The molecule has 5 aromatic carbocycles. The van der Waals surface area contributed by atoms with Crippen LogP contribution in [0.3, 0.4) is 0 Å². The SMILES string of the molecule is CCCCCCCCCCc1ccc(C(=O)Oc2ccc(CC(NC(=O)c3ccc(NC(=O)Cc4ccc(OCc5ccccc5)cc4)cc3)C(=O)O)cc2)cc1. The van der Waals surface area contributed by atoms with Crippen LogP contribution in [0.1, 0.15) is 101 Å². The molecule has 5 rings (SSSR count). The van der Waals surface area contributed by atoms with Crippen molar-refractivity contribution in [3.05, 3.63) is 161 Å². The number of benzene rings is 5. The maximum absolute atomic E-state index is 13.0. The van der Waals surface area contributed by atoms with E-state index in [1.54, 1.807) is 48.5 Å². The standard InChI is InChI=1S/C48H52N2O7/c1-2-3-4-5-6-7-8-10-13-35-16-22-40(23-17-35)48(55)57-43-30-20-36(21-31-43)32-44(47(53)54)50-46(52)39-24-26-41(27-25-39)49-45(51)33-37-18-28-42(29-19-37)56-34-38-14-11-9-12-15-38/h9,11-12,14-31,44H,2-8,10,13,32-34H2,1H3,(H,49,51)(H,50,52)(H,53,54). The Bertz CT molecular complexity index is 2010. The van der Waals surface area contributed by atoms with Crippen LogP contribution in [0.4, 0.5) is 5.69 Å². The summed E-state index contributed by atoms with van der Waals surface area (Å²) in [5, 5.41) is 15.3. The Hall–Kier alpha value is -6.22. The van der Waals surface area contributed by atoms with E-state index in [9.17, 15) is 24.3 Å². The Morgan fingerprint density at radius 1 is 0.596 bits per heavy atom. The van der Waals surface area contributed by atoms with Crippen molar-refractivity contribution in [2.24, 2.45) is 0 Å². The molecule has 9 heteroatoms. The minimum absolute atomic E-state index is 0.0177. The predicted octanol–water partition coefficient (Wildman–Crippen LogP) is 9.77. The highest BCUT2D eigenvalue weighted by Crippen LogP contribution is 2.19. The fourth-order valence-electron chi connectivity index (χ4n) is 6.35. The summed E-state index contributed by atoms with van der Waals surface area (Å²) in [5.74, 6) is -1.42. The number of rotatable bonds is 22. The van der Waals surface area contributed by atoms with Gasteiger partial charge in [0.1, 0.15) is 24.1 Å². The van der Waals surface area contributed by atoms with Crippen molar-refractivity contribution in [2.75, 3.05) is 5.32 Å². The molecule has 0 saturated heterocycles. The lowest BCUT2D eigenvalue weighted by Gasteiger charge is -2.15. The van der Waals surface area contributed by atoms with Crippen molar-refractivity contribution in [3.63, 3.8) is 0 Å². The number of amides is 2. The Kier molecular flexibility index (Phi) is 16.5. The topological polar surface area (TPSA) is 131 Å². The molecule has 9 nitrogen and oxygen atoms in total. The number of carbonyl (C=O) groups excluding carboxylic acids is 3. The van der Waals surface area contributed by atoms with E-state index in [1.807, 2.05) is 66.7 Å². The second-order valence-electron chi connectivity index (χ2n) is 14.2. The van der Waals surface area contributed by atoms with Crippen molar-refractivity contribution in [3.8, 4) is 11.5 Å². The van der Waals surface area contributed by atoms with Gasteiger partial charge >= 0.3 is 11.9 Å². The number of carbonyl (C=O) groups is 4. The number of carboxylic acid groups (broad SMARTS) is 1. The first-order valence-electron chi connectivity index (χ1n) is 19.8. The van der Waals surface area contributed by atoms with Crippen molar-refractivity contribution in [1.29, 1.82) is 0 Å². The molecule has 0 bridgehead atoms. The molecule has 0 aliphatic heterocycles. The number of carboxylic acids is 1. The molecule has 0 aliphatic rings. The minimum Gasteiger partial charge on any atom is -0.489 e. The van der Waals surface area contributed by atoms with Gasteiger partial charge in [0.25, 0.3) is 5.91 Å². The maximum Gasteiger partial charge on any atom is 0.343 e. The molecule has 0 spiro atoms. The number of nitrogens with one attached hydrogen (secondary N) is 2. The van der Waals surface area contributed by atoms with Gasteiger partial charge in [-0.25, -0.2) is 9.59 Å². The molecule has 0 radical (unpaired) electrons. The predicted molar refractivity (Wildman–Crippen MR) is 223 cm³/mol. The molecule has 5 aromatic rings. The Morgan fingerprint density at radius 3 is 1.82 bits per heavy atom. The second-order valence-corrected chi connectivity index (χ2v) is 14.2. The highest BCUT2D eigenvalue weighted by Gasteiger charge is 2.22. The lowest BCUT2D eigenvalue weighted by atomic mass is 10.0. The molecule has 0 saturated carbocycles. The number of hydrogen-bond donors (Lipinski definition) is 3. The fraction of sp³-hybridized carbons (Fsp3) is 0.292. The minimum atomic E-state index is -1.20. The van der Waals surface area contributed by atoms with E-state index in [2.05, 4.69) is 17.6 Å². The molecule has 0 heterocycles. The molecular formula is C48H52N2O7. The zero-order valence-electron chi connectivity index (χ0n) is 32.6. The molecule has 3 N–H and O–H groups in total. The summed E-state index contributed by atoms with van der Waals surface area (Å²) in [5.41, 5.74) is 4.92. The average molecular weight is 769 g/mol. The first-order chi connectivity index (χ1) is 27.7. The van der Waals surface area contributed by atoms with E-state index < -0.39 is 23.9 Å². The average Bonchev–Trinajstić information content (AvgIpc) is 3.22. The van der Waals surface area contributed by atoms with Crippen LogP contribution in [0.5, 0.6) is 11.5 Å². The van der Waals surface area contributed by atoms with Gasteiger partial charge in [0.15, 0.2) is 0 Å². The summed E-state index contributed by atoms with van der Waals surface area (Å²) in [7, 11) is 0. The molecule has 1 unspecified atom stereocenters. The number of aliphatic carboxylic acids is 1. The number of hydrogen-bond acceptors (Lipinski definition) is 6. The third-order valence-electron chi connectivity index (χ3n) is 9.65. The van der Waals surface area contributed by atoms with Crippen molar-refractivity contribution in [2.45, 2.75) is 90.2 Å². The Labute approximate surface area is 335 Å². The van der Waals surface area contributed by atoms with Crippen LogP contribution in [-0.2, 0) is 35.5 Å². The summed E-state index contributed by atoms with van der Waals surface area (Å²) in [6.45, 7) is 2.69. The number of esters is 1. The van der Waals surface area contributed by atoms with Gasteiger partial charge < -0.3 is 25.2 Å². The van der Waals surface area contributed by atoms with Gasteiger partial charge in [-0.3, -0.25) is 9.59 Å². The van der Waals surface area contributed by atoms with Crippen LogP contribution in [-0.4, -0.2) is 34.9 Å². The van der Waals surface area contributed by atoms with Gasteiger partial charge in [0, 0.05) is 17.7 Å². The summed E-state index contributed by atoms with van der Waals surface area (Å²) in [6.07, 6.45) is 11.3. The van der Waals surface area contributed by atoms with Crippen LogP contribution in [0, 0.1) is 0 Å². The second kappa shape index (κ2) is 22.4. The number of aryl methyl sites for hydroxylation is 1. The first-order valence-corrected chi connectivity index (χ1v) is 19.8. The van der Waals surface area contributed by atoms with Crippen LogP contribution in [0.2, 0.25) is 0 Å². The lowest BCUT2D eigenvalue weighted by Crippen LogP contribution is -2.42. The van der Waals surface area contributed by atoms with E-state index in [0.29, 0.717) is 34.9 Å². The van der Waals surface area contributed by atoms with E-state index >= 15 is 0 Å². The highest BCUT2D eigenvalue weighted by atomic mass is 16.5. The van der Waals surface area contributed by atoms with Gasteiger partial charge in [-0.15, -0.1) is 0 Å². The summed E-state index contributed by atoms with van der Waals surface area (Å²) in [6, 6.07) is 36.3. The van der Waals surface area contributed by atoms with Gasteiger partial charge in [0.2, 0.25) is 5.91 Å². The van der Waals surface area contributed by atoms with Crippen molar-refractivity contribution in [1.82, 2.24) is 5.32 Å². The largest absolute Gasteiger partial charge is 0.489 e. The smallest absolute Gasteiger partial charge is 0.343 e. The molecule has 0 aromatic heterocycles. The molecule has 296 valence electrons. The van der Waals surface area contributed by atoms with Crippen molar-refractivity contribution < 1.29 is 33.8 Å². The molecule has 57 heavy (non-hydrogen) atoms. The molecular weight excluding hydrogens is 717 g/mol. The zero-order chi connectivity index (χ0) is 40.2. The number of anilines is 1. The van der Waals surface area contributed by atoms with Gasteiger partial charge in [0.05, 0.1) is 12.0 Å². The summed E-state index contributed by atoms with van der Waals surface area (Å²) < 4.78 is 11.4. The maximum atomic E-state index is 13.0.